The first-order valence-corrected chi connectivity index (χ1v) is 5.54. The number of carbonyl (C=O) groups excluding carboxylic acids is 1. The second-order valence-corrected chi connectivity index (χ2v) is 4.18. The van der Waals surface area contributed by atoms with Gasteiger partial charge in [0.2, 0.25) is 5.91 Å². The maximum absolute atomic E-state index is 11.5. The molecule has 16 heavy (non-hydrogen) atoms. The first-order valence-electron chi connectivity index (χ1n) is 5.54. The Morgan fingerprint density at radius 3 is 3.12 bits per heavy atom. The van der Waals surface area contributed by atoms with Gasteiger partial charge in [-0.05, 0) is 12.8 Å². The number of carbonyl (C=O) groups is 1. The van der Waals surface area contributed by atoms with E-state index in [-0.39, 0.29) is 18.4 Å². The average Bonchev–Trinajstić information content (AvgIpc) is 2.74. The lowest BCUT2D eigenvalue weighted by molar-refractivity contribution is -0.130. The molecule has 1 saturated heterocycles. The molecule has 0 radical (unpaired) electrons. The number of piperidine rings is 1. The van der Waals surface area contributed by atoms with Crippen LogP contribution in [0.15, 0.2) is 6.33 Å². The molecule has 1 aromatic heterocycles. The molecule has 1 unspecified atom stereocenters. The van der Waals surface area contributed by atoms with Gasteiger partial charge < -0.3 is 15.2 Å². The zero-order valence-corrected chi connectivity index (χ0v) is 9.46. The van der Waals surface area contributed by atoms with Crippen molar-refractivity contribution < 1.29 is 4.79 Å². The summed E-state index contributed by atoms with van der Waals surface area (Å²) in [5.41, 5.74) is 5.37. The monoisotopic (exact) mass is 223 g/mol. The predicted octanol–water partition coefficient (Wildman–Crippen LogP) is -0.520. The lowest BCUT2D eigenvalue weighted by atomic mass is 9.97. The first kappa shape index (κ1) is 11.1. The Morgan fingerprint density at radius 1 is 1.69 bits per heavy atom. The summed E-state index contributed by atoms with van der Waals surface area (Å²) >= 11 is 0. The van der Waals surface area contributed by atoms with Crippen molar-refractivity contribution in [3.05, 3.63) is 12.2 Å². The van der Waals surface area contributed by atoms with Crippen molar-refractivity contribution in [2.45, 2.75) is 18.8 Å². The van der Waals surface area contributed by atoms with E-state index in [0.29, 0.717) is 6.54 Å². The van der Waals surface area contributed by atoms with Crippen LogP contribution < -0.4 is 5.73 Å². The summed E-state index contributed by atoms with van der Waals surface area (Å²) in [6.45, 7) is 1.61. The van der Waals surface area contributed by atoms with E-state index >= 15 is 0 Å². The van der Waals surface area contributed by atoms with Crippen molar-refractivity contribution >= 4 is 5.91 Å². The van der Waals surface area contributed by atoms with Gasteiger partial charge in [0.1, 0.15) is 12.2 Å². The molecule has 6 nitrogen and oxygen atoms in total. The molecule has 0 saturated carbocycles. The quantitative estimate of drug-likeness (QED) is 0.732. The van der Waals surface area contributed by atoms with Gasteiger partial charge in [-0.3, -0.25) is 4.79 Å². The summed E-state index contributed by atoms with van der Waals surface area (Å²) in [7, 11) is 1.93. The van der Waals surface area contributed by atoms with Crippen LogP contribution in [0.3, 0.4) is 0 Å². The number of aryl methyl sites for hydroxylation is 1. The molecule has 1 aliphatic rings. The normalized spacial score (nSPS) is 21.1. The predicted molar refractivity (Wildman–Crippen MR) is 58.6 cm³/mol. The molecule has 1 amide bonds. The van der Waals surface area contributed by atoms with E-state index in [2.05, 4.69) is 10.2 Å². The molecule has 1 aromatic rings. The van der Waals surface area contributed by atoms with E-state index in [1.54, 1.807) is 6.33 Å². The summed E-state index contributed by atoms with van der Waals surface area (Å²) < 4.78 is 1.92. The molecule has 2 N–H and O–H groups in total. The largest absolute Gasteiger partial charge is 0.341 e. The van der Waals surface area contributed by atoms with Crippen LogP contribution in [-0.2, 0) is 11.8 Å². The summed E-state index contributed by atoms with van der Waals surface area (Å²) in [6.07, 6.45) is 3.75. The van der Waals surface area contributed by atoms with Crippen LogP contribution in [0.2, 0.25) is 0 Å². The van der Waals surface area contributed by atoms with Crippen LogP contribution >= 0.6 is 0 Å². The molecule has 1 fully saturated rings. The maximum atomic E-state index is 11.5. The molecule has 88 valence electrons. The number of nitrogens with zero attached hydrogens (tertiary/aromatic N) is 4. The highest BCUT2D eigenvalue weighted by Crippen LogP contribution is 2.24. The highest BCUT2D eigenvalue weighted by Gasteiger charge is 2.26. The molecule has 2 rings (SSSR count). The second kappa shape index (κ2) is 4.61. The molecule has 0 aromatic carbocycles. The van der Waals surface area contributed by atoms with Gasteiger partial charge in [-0.15, -0.1) is 10.2 Å². The van der Waals surface area contributed by atoms with Gasteiger partial charge in [0.25, 0.3) is 0 Å². The van der Waals surface area contributed by atoms with Crippen LogP contribution in [0.4, 0.5) is 0 Å². The second-order valence-electron chi connectivity index (χ2n) is 4.18. The van der Waals surface area contributed by atoms with Gasteiger partial charge in [0, 0.05) is 26.1 Å². The van der Waals surface area contributed by atoms with Gasteiger partial charge in [-0.25, -0.2) is 0 Å². The summed E-state index contributed by atoms with van der Waals surface area (Å²) in [4.78, 5) is 13.3. The fourth-order valence-corrected chi connectivity index (χ4v) is 2.21. The van der Waals surface area contributed by atoms with E-state index in [9.17, 15) is 4.79 Å². The SMILES string of the molecule is Cn1cnnc1C1CCCN(C(=O)CN)C1. The number of hydrogen-bond donors (Lipinski definition) is 1. The van der Waals surface area contributed by atoms with Crippen LogP contribution in [0, 0.1) is 0 Å². The molecule has 6 heteroatoms. The third-order valence-corrected chi connectivity index (χ3v) is 3.06. The first-order chi connectivity index (χ1) is 7.72. The van der Waals surface area contributed by atoms with Gasteiger partial charge in [0.15, 0.2) is 0 Å². The molecular weight excluding hydrogens is 206 g/mol. The standard InChI is InChI=1S/C10H17N5O/c1-14-7-12-13-10(14)8-3-2-4-15(6-8)9(16)5-11/h7-8H,2-6,11H2,1H3. The van der Waals surface area contributed by atoms with E-state index < -0.39 is 0 Å². The number of hydrogen-bond acceptors (Lipinski definition) is 4. The van der Waals surface area contributed by atoms with Gasteiger partial charge in [0.05, 0.1) is 6.54 Å². The van der Waals surface area contributed by atoms with Crippen molar-refractivity contribution in [1.82, 2.24) is 19.7 Å². The van der Waals surface area contributed by atoms with E-state index in [0.717, 1.165) is 25.2 Å². The Bertz CT molecular complexity index is 375. The number of rotatable bonds is 2. The molecule has 0 bridgehead atoms. The van der Waals surface area contributed by atoms with E-state index in [1.165, 1.54) is 0 Å². The summed E-state index contributed by atoms with van der Waals surface area (Å²) in [5, 5.41) is 7.97. The van der Waals surface area contributed by atoms with Crippen molar-refractivity contribution in [2.75, 3.05) is 19.6 Å². The Kier molecular flexibility index (Phi) is 3.19. The van der Waals surface area contributed by atoms with Crippen molar-refractivity contribution in [3.63, 3.8) is 0 Å². The molecule has 0 spiro atoms. The minimum Gasteiger partial charge on any atom is -0.341 e. The molecular formula is C10H17N5O. The zero-order chi connectivity index (χ0) is 11.5. The Balaban J connectivity index is 2.07. The van der Waals surface area contributed by atoms with Crippen molar-refractivity contribution in [1.29, 1.82) is 0 Å². The minimum absolute atomic E-state index is 0.0202. The molecule has 0 aliphatic carbocycles. The highest BCUT2D eigenvalue weighted by atomic mass is 16.2. The number of aromatic nitrogens is 3. The topological polar surface area (TPSA) is 77.0 Å². The lowest BCUT2D eigenvalue weighted by Gasteiger charge is -2.31. The fraction of sp³-hybridized carbons (Fsp3) is 0.700. The minimum atomic E-state index is 0.0202. The van der Waals surface area contributed by atoms with E-state index in [4.69, 9.17) is 5.73 Å². The molecule has 2 heterocycles. The zero-order valence-electron chi connectivity index (χ0n) is 9.46. The van der Waals surface area contributed by atoms with Gasteiger partial charge in [-0.2, -0.15) is 0 Å². The summed E-state index contributed by atoms with van der Waals surface area (Å²) in [6, 6.07) is 0. The Labute approximate surface area is 94.4 Å². The third-order valence-electron chi connectivity index (χ3n) is 3.06. The lowest BCUT2D eigenvalue weighted by Crippen LogP contribution is -2.42. The van der Waals surface area contributed by atoms with Crippen LogP contribution in [0.1, 0.15) is 24.6 Å². The molecule has 1 atom stereocenters. The third kappa shape index (κ3) is 2.06. The number of amides is 1. The molecule has 1 aliphatic heterocycles. The number of nitrogens with two attached hydrogens (primary N) is 1. The van der Waals surface area contributed by atoms with E-state index in [1.807, 2.05) is 16.5 Å². The van der Waals surface area contributed by atoms with Gasteiger partial charge in [-0.1, -0.05) is 0 Å². The smallest absolute Gasteiger partial charge is 0.236 e. The Hall–Kier alpha value is -1.43. The van der Waals surface area contributed by atoms with Crippen LogP contribution in [0.25, 0.3) is 0 Å². The van der Waals surface area contributed by atoms with Crippen molar-refractivity contribution in [2.24, 2.45) is 12.8 Å². The fourth-order valence-electron chi connectivity index (χ4n) is 2.21. The van der Waals surface area contributed by atoms with Gasteiger partial charge >= 0.3 is 0 Å². The summed E-state index contributed by atoms with van der Waals surface area (Å²) in [5.74, 6) is 1.26. The highest BCUT2D eigenvalue weighted by molar-refractivity contribution is 5.78. The van der Waals surface area contributed by atoms with Crippen LogP contribution in [-0.4, -0.2) is 45.2 Å². The van der Waals surface area contributed by atoms with Crippen LogP contribution in [0.5, 0.6) is 0 Å². The average molecular weight is 223 g/mol. The maximum Gasteiger partial charge on any atom is 0.236 e. The number of likely N-dealkylation sites (tertiary alicyclic amines) is 1. The Morgan fingerprint density at radius 2 is 2.50 bits per heavy atom. The van der Waals surface area contributed by atoms with Crippen molar-refractivity contribution in [3.8, 4) is 0 Å².